The Kier molecular flexibility index (Phi) is 7.57. The summed E-state index contributed by atoms with van der Waals surface area (Å²) in [5, 5.41) is 2.83. The average molecular weight is 347 g/mol. The molecule has 2 rings (SSSR count). The molecule has 0 saturated carbocycles. The summed E-state index contributed by atoms with van der Waals surface area (Å²) in [5.41, 5.74) is 1.03. The highest BCUT2D eigenvalue weighted by Crippen LogP contribution is 2.13. The van der Waals surface area contributed by atoms with Gasteiger partial charge in [-0.15, -0.1) is 0 Å². The number of methoxy groups -OCH3 is 1. The summed E-state index contributed by atoms with van der Waals surface area (Å²) >= 11 is 0. The summed E-state index contributed by atoms with van der Waals surface area (Å²) in [5.74, 6) is 0.933. The number of amides is 3. The molecule has 1 aromatic rings. The molecule has 6 heteroatoms. The van der Waals surface area contributed by atoms with Crippen LogP contribution in [0.25, 0.3) is 0 Å². The molecule has 0 atom stereocenters. The third kappa shape index (κ3) is 6.29. The molecular weight excluding hydrogens is 318 g/mol. The second-order valence-corrected chi connectivity index (χ2v) is 6.48. The van der Waals surface area contributed by atoms with E-state index in [1.165, 1.54) is 12.8 Å². The zero-order valence-corrected chi connectivity index (χ0v) is 15.3. The Balaban J connectivity index is 1.70. The second kappa shape index (κ2) is 9.91. The van der Waals surface area contributed by atoms with Crippen molar-refractivity contribution in [3.05, 3.63) is 29.8 Å². The fraction of sp³-hybridized carbons (Fsp3) is 0.579. The molecule has 1 heterocycles. The van der Waals surface area contributed by atoms with Crippen LogP contribution in [0, 0.1) is 0 Å². The Morgan fingerprint density at radius 2 is 1.76 bits per heavy atom. The predicted octanol–water partition coefficient (Wildman–Crippen LogP) is 2.63. The minimum absolute atomic E-state index is 0.139. The molecule has 0 radical (unpaired) electrons. The van der Waals surface area contributed by atoms with Crippen LogP contribution in [-0.4, -0.2) is 55.5 Å². The lowest BCUT2D eigenvalue weighted by Gasteiger charge is -2.21. The lowest BCUT2D eigenvalue weighted by Crippen LogP contribution is -2.39. The number of ether oxygens (including phenoxy) is 1. The number of benzene rings is 1. The molecule has 25 heavy (non-hydrogen) atoms. The second-order valence-electron chi connectivity index (χ2n) is 6.48. The number of carbonyl (C=O) groups excluding carboxylic acids is 2. The summed E-state index contributed by atoms with van der Waals surface area (Å²) in [4.78, 5) is 27.9. The lowest BCUT2D eigenvalue weighted by molar-refractivity contribution is -0.131. The summed E-state index contributed by atoms with van der Waals surface area (Å²) < 4.78 is 5.13. The van der Waals surface area contributed by atoms with E-state index in [9.17, 15) is 9.59 Å². The SMILES string of the molecule is COc1ccc(CN(C)C(=O)NCCC(=O)N2CCCCCC2)cc1. The van der Waals surface area contributed by atoms with Crippen molar-refractivity contribution in [3.63, 3.8) is 0 Å². The molecule has 0 spiro atoms. The predicted molar refractivity (Wildman–Crippen MR) is 97.5 cm³/mol. The number of hydrogen-bond donors (Lipinski definition) is 1. The zero-order chi connectivity index (χ0) is 18.1. The Labute approximate surface area is 150 Å². The minimum atomic E-state index is -0.167. The van der Waals surface area contributed by atoms with Gasteiger partial charge < -0.3 is 19.9 Å². The van der Waals surface area contributed by atoms with Gasteiger partial charge in [0.1, 0.15) is 5.75 Å². The Morgan fingerprint density at radius 1 is 1.12 bits per heavy atom. The molecule has 138 valence electrons. The topological polar surface area (TPSA) is 61.9 Å². The Bertz CT molecular complexity index is 552. The van der Waals surface area contributed by atoms with Gasteiger partial charge in [0.2, 0.25) is 5.91 Å². The van der Waals surface area contributed by atoms with E-state index < -0.39 is 0 Å². The summed E-state index contributed by atoms with van der Waals surface area (Å²) in [6.45, 7) is 2.59. The molecule has 3 amide bonds. The molecule has 1 aromatic carbocycles. The van der Waals surface area contributed by atoms with Gasteiger partial charge in [-0.05, 0) is 30.5 Å². The van der Waals surface area contributed by atoms with Crippen LogP contribution in [0.4, 0.5) is 4.79 Å². The molecule has 1 saturated heterocycles. The molecule has 6 nitrogen and oxygen atoms in total. The maximum atomic E-state index is 12.2. The van der Waals surface area contributed by atoms with E-state index in [4.69, 9.17) is 4.74 Å². The van der Waals surface area contributed by atoms with Crippen molar-refractivity contribution >= 4 is 11.9 Å². The van der Waals surface area contributed by atoms with Gasteiger partial charge in [-0.2, -0.15) is 0 Å². The first-order chi connectivity index (χ1) is 12.1. The van der Waals surface area contributed by atoms with Crippen molar-refractivity contribution in [3.8, 4) is 5.75 Å². The Hall–Kier alpha value is -2.24. The first-order valence-corrected chi connectivity index (χ1v) is 9.00. The van der Waals surface area contributed by atoms with Gasteiger partial charge in [-0.3, -0.25) is 4.79 Å². The Morgan fingerprint density at radius 3 is 2.36 bits per heavy atom. The highest BCUT2D eigenvalue weighted by Gasteiger charge is 2.16. The van der Waals surface area contributed by atoms with Crippen LogP contribution in [-0.2, 0) is 11.3 Å². The monoisotopic (exact) mass is 347 g/mol. The van der Waals surface area contributed by atoms with Crippen LogP contribution in [0.3, 0.4) is 0 Å². The highest BCUT2D eigenvalue weighted by molar-refractivity contribution is 5.78. The van der Waals surface area contributed by atoms with Gasteiger partial charge in [-0.1, -0.05) is 25.0 Å². The molecule has 0 unspecified atom stereocenters. The quantitative estimate of drug-likeness (QED) is 0.860. The molecule has 0 aliphatic carbocycles. The van der Waals surface area contributed by atoms with Crippen LogP contribution in [0.2, 0.25) is 0 Å². The molecule has 1 aliphatic heterocycles. The fourth-order valence-electron chi connectivity index (χ4n) is 2.97. The number of nitrogens with one attached hydrogen (secondary N) is 1. The van der Waals surface area contributed by atoms with E-state index in [1.54, 1.807) is 19.1 Å². The average Bonchev–Trinajstić information content (AvgIpc) is 2.91. The van der Waals surface area contributed by atoms with E-state index in [0.717, 1.165) is 37.2 Å². The van der Waals surface area contributed by atoms with Crippen LogP contribution in [0.15, 0.2) is 24.3 Å². The molecule has 1 fully saturated rings. The van der Waals surface area contributed by atoms with Gasteiger partial charge in [0.25, 0.3) is 0 Å². The van der Waals surface area contributed by atoms with E-state index in [1.807, 2.05) is 29.2 Å². The van der Waals surface area contributed by atoms with E-state index in [2.05, 4.69) is 5.32 Å². The normalized spacial score (nSPS) is 14.6. The van der Waals surface area contributed by atoms with Crippen LogP contribution in [0.1, 0.15) is 37.7 Å². The molecule has 0 aromatic heterocycles. The van der Waals surface area contributed by atoms with Gasteiger partial charge >= 0.3 is 6.03 Å². The fourth-order valence-corrected chi connectivity index (χ4v) is 2.97. The van der Waals surface area contributed by atoms with Crippen molar-refractivity contribution in [1.29, 1.82) is 0 Å². The van der Waals surface area contributed by atoms with E-state index >= 15 is 0 Å². The highest BCUT2D eigenvalue weighted by atomic mass is 16.5. The van der Waals surface area contributed by atoms with E-state index in [-0.39, 0.29) is 11.9 Å². The number of hydrogen-bond acceptors (Lipinski definition) is 3. The van der Waals surface area contributed by atoms with Gasteiger partial charge in [-0.25, -0.2) is 4.79 Å². The summed E-state index contributed by atoms with van der Waals surface area (Å²) in [6.07, 6.45) is 4.95. The standard InChI is InChI=1S/C19H29N3O3/c1-21(15-16-7-9-17(25-2)10-8-16)19(24)20-12-11-18(23)22-13-5-3-4-6-14-22/h7-10H,3-6,11-15H2,1-2H3,(H,20,24). The first kappa shape index (κ1) is 19.1. The first-order valence-electron chi connectivity index (χ1n) is 9.00. The summed E-state index contributed by atoms with van der Waals surface area (Å²) in [6, 6.07) is 7.46. The van der Waals surface area contributed by atoms with E-state index in [0.29, 0.717) is 19.5 Å². The maximum Gasteiger partial charge on any atom is 0.317 e. The third-order valence-corrected chi connectivity index (χ3v) is 4.50. The van der Waals surface area contributed by atoms with Crippen LogP contribution >= 0.6 is 0 Å². The number of urea groups is 1. The minimum Gasteiger partial charge on any atom is -0.497 e. The lowest BCUT2D eigenvalue weighted by atomic mass is 10.2. The smallest absolute Gasteiger partial charge is 0.317 e. The summed E-state index contributed by atoms with van der Waals surface area (Å²) in [7, 11) is 3.37. The van der Waals surface area contributed by atoms with Crippen molar-refractivity contribution in [1.82, 2.24) is 15.1 Å². The largest absolute Gasteiger partial charge is 0.497 e. The van der Waals surface area contributed by atoms with Crippen molar-refractivity contribution < 1.29 is 14.3 Å². The number of likely N-dealkylation sites (tertiary alicyclic amines) is 1. The molecular formula is C19H29N3O3. The van der Waals surface area contributed by atoms with Gasteiger partial charge in [0.15, 0.2) is 0 Å². The van der Waals surface area contributed by atoms with Crippen LogP contribution < -0.4 is 10.1 Å². The third-order valence-electron chi connectivity index (χ3n) is 4.50. The maximum absolute atomic E-state index is 12.2. The zero-order valence-electron chi connectivity index (χ0n) is 15.3. The van der Waals surface area contributed by atoms with Crippen molar-refractivity contribution in [2.45, 2.75) is 38.6 Å². The number of nitrogens with zero attached hydrogens (tertiary/aromatic N) is 2. The molecule has 1 aliphatic rings. The molecule has 0 bridgehead atoms. The van der Waals surface area contributed by atoms with Gasteiger partial charge in [0.05, 0.1) is 7.11 Å². The van der Waals surface area contributed by atoms with Crippen LogP contribution in [0.5, 0.6) is 5.75 Å². The van der Waals surface area contributed by atoms with Gasteiger partial charge in [0, 0.05) is 39.6 Å². The van der Waals surface area contributed by atoms with Crippen molar-refractivity contribution in [2.75, 3.05) is 33.8 Å². The molecule has 1 N–H and O–H groups in total. The van der Waals surface area contributed by atoms with Crippen molar-refractivity contribution in [2.24, 2.45) is 0 Å². The number of carbonyl (C=O) groups is 2. The number of rotatable bonds is 6.